The average Bonchev–Trinajstić information content (AvgIpc) is 2.90. The third kappa shape index (κ3) is 6.21. The first-order chi connectivity index (χ1) is 17.5. The van der Waals surface area contributed by atoms with E-state index in [1.807, 2.05) is 36.4 Å². The van der Waals surface area contributed by atoms with E-state index in [9.17, 15) is 4.39 Å². The van der Waals surface area contributed by atoms with Crippen molar-refractivity contribution in [1.29, 1.82) is 0 Å². The van der Waals surface area contributed by atoms with E-state index in [4.69, 9.17) is 4.74 Å². The zero-order valence-corrected chi connectivity index (χ0v) is 21.2. The Hall–Kier alpha value is -3.01. The van der Waals surface area contributed by atoms with Gasteiger partial charge in [0.15, 0.2) is 23.2 Å². The van der Waals surface area contributed by atoms with Gasteiger partial charge in [0, 0.05) is 5.56 Å². The van der Waals surface area contributed by atoms with E-state index in [0.717, 1.165) is 44.1 Å². The third-order valence-corrected chi connectivity index (χ3v) is 7.39. The molecule has 1 saturated carbocycles. The van der Waals surface area contributed by atoms with Crippen molar-refractivity contribution in [3.05, 3.63) is 94.8 Å². The van der Waals surface area contributed by atoms with Gasteiger partial charge >= 0.3 is 0 Å². The summed E-state index contributed by atoms with van der Waals surface area (Å²) in [7, 11) is 1.45. The number of ether oxygens (including phenoxy) is 1. The molecule has 1 aliphatic carbocycles. The zero-order valence-electron chi connectivity index (χ0n) is 21.2. The summed E-state index contributed by atoms with van der Waals surface area (Å²) in [6.45, 7) is 2.18. The Morgan fingerprint density at radius 2 is 1.61 bits per heavy atom. The lowest BCUT2D eigenvalue weighted by Gasteiger charge is -2.27. The van der Waals surface area contributed by atoms with Crippen LogP contribution in [0.1, 0.15) is 74.5 Å². The highest BCUT2D eigenvalue weighted by molar-refractivity contribution is 5.65. The third-order valence-electron chi connectivity index (χ3n) is 7.39. The van der Waals surface area contributed by atoms with E-state index < -0.39 is 11.6 Å². The first-order valence-electron chi connectivity index (χ1n) is 13.1. The van der Waals surface area contributed by atoms with Crippen LogP contribution in [0.4, 0.5) is 13.2 Å². The average molecular weight is 493 g/mol. The molecule has 3 aromatic carbocycles. The Morgan fingerprint density at radius 3 is 2.28 bits per heavy atom. The second kappa shape index (κ2) is 12.3. The Morgan fingerprint density at radius 1 is 0.861 bits per heavy atom. The SMILES string of the molecule is CCCCCc1ccc(-c2ccc(C3CCC(C=Cc4ccc(OC)c(F)c4)CC3)c(F)c2F)cc1. The van der Waals surface area contributed by atoms with E-state index in [2.05, 4.69) is 13.0 Å². The topological polar surface area (TPSA) is 9.23 Å². The summed E-state index contributed by atoms with van der Waals surface area (Å²) >= 11 is 0. The van der Waals surface area contributed by atoms with Crippen molar-refractivity contribution in [1.82, 2.24) is 0 Å². The minimum atomic E-state index is -0.755. The maximum Gasteiger partial charge on any atom is 0.166 e. The number of methoxy groups -OCH3 is 1. The number of aryl methyl sites for hydroxylation is 1. The van der Waals surface area contributed by atoms with Gasteiger partial charge in [-0.05, 0) is 84.7 Å². The fraction of sp³-hybridized carbons (Fsp3) is 0.375. The molecule has 3 aromatic rings. The van der Waals surface area contributed by atoms with Gasteiger partial charge < -0.3 is 4.74 Å². The minimum Gasteiger partial charge on any atom is -0.494 e. The highest BCUT2D eigenvalue weighted by atomic mass is 19.2. The van der Waals surface area contributed by atoms with Crippen molar-refractivity contribution in [3.8, 4) is 16.9 Å². The van der Waals surface area contributed by atoms with Crippen LogP contribution in [0.2, 0.25) is 0 Å². The molecule has 0 atom stereocenters. The molecule has 1 fully saturated rings. The molecule has 0 aromatic heterocycles. The largest absolute Gasteiger partial charge is 0.494 e. The van der Waals surface area contributed by atoms with E-state index in [1.165, 1.54) is 31.6 Å². The molecule has 0 saturated heterocycles. The summed E-state index contributed by atoms with van der Waals surface area (Å²) in [5, 5.41) is 0. The summed E-state index contributed by atoms with van der Waals surface area (Å²) in [5.74, 6) is -1.27. The van der Waals surface area contributed by atoms with Crippen LogP contribution in [0, 0.1) is 23.4 Å². The van der Waals surface area contributed by atoms with Crippen molar-refractivity contribution in [2.75, 3.05) is 7.11 Å². The van der Waals surface area contributed by atoms with Gasteiger partial charge in [0.2, 0.25) is 0 Å². The monoisotopic (exact) mass is 492 g/mol. The Bertz CT molecular complexity index is 1170. The van der Waals surface area contributed by atoms with Crippen LogP contribution in [-0.4, -0.2) is 7.11 Å². The van der Waals surface area contributed by atoms with Crippen molar-refractivity contribution in [2.24, 2.45) is 5.92 Å². The van der Waals surface area contributed by atoms with E-state index in [1.54, 1.807) is 18.2 Å². The molecular weight excluding hydrogens is 457 g/mol. The summed E-state index contributed by atoms with van der Waals surface area (Å²) in [5.41, 5.74) is 3.52. The second-order valence-electron chi connectivity index (χ2n) is 9.85. The number of unbranched alkanes of at least 4 members (excludes halogenated alkanes) is 2. The minimum absolute atomic E-state index is 0.0116. The van der Waals surface area contributed by atoms with Crippen LogP contribution in [0.15, 0.2) is 60.7 Å². The number of halogens is 3. The lowest BCUT2D eigenvalue weighted by Crippen LogP contribution is -2.13. The molecule has 0 spiro atoms. The smallest absolute Gasteiger partial charge is 0.166 e. The molecule has 0 heterocycles. The van der Waals surface area contributed by atoms with Crippen LogP contribution in [0.3, 0.4) is 0 Å². The van der Waals surface area contributed by atoms with Crippen molar-refractivity contribution >= 4 is 6.08 Å². The molecule has 0 N–H and O–H groups in total. The second-order valence-corrected chi connectivity index (χ2v) is 9.85. The van der Waals surface area contributed by atoms with Gasteiger partial charge in [-0.25, -0.2) is 13.2 Å². The molecule has 4 heteroatoms. The van der Waals surface area contributed by atoms with Gasteiger partial charge in [0.25, 0.3) is 0 Å². The Labute approximate surface area is 213 Å². The summed E-state index contributed by atoms with van der Waals surface area (Å²) in [4.78, 5) is 0. The normalized spacial score (nSPS) is 18.0. The quantitative estimate of drug-likeness (QED) is 0.270. The van der Waals surface area contributed by atoms with Gasteiger partial charge in [-0.3, -0.25) is 0 Å². The Kier molecular flexibility index (Phi) is 8.90. The lowest BCUT2D eigenvalue weighted by atomic mass is 9.78. The molecule has 0 bridgehead atoms. The van der Waals surface area contributed by atoms with E-state index in [-0.39, 0.29) is 17.5 Å². The molecule has 36 heavy (non-hydrogen) atoms. The predicted octanol–water partition coefficient (Wildman–Crippen LogP) is 9.50. The number of rotatable bonds is 9. The van der Waals surface area contributed by atoms with Crippen molar-refractivity contribution in [2.45, 2.75) is 64.2 Å². The van der Waals surface area contributed by atoms with Crippen LogP contribution in [0.5, 0.6) is 5.75 Å². The maximum atomic E-state index is 15.1. The molecule has 1 nitrogen and oxygen atoms in total. The predicted molar refractivity (Wildman–Crippen MR) is 142 cm³/mol. The number of allylic oxidation sites excluding steroid dienone is 1. The van der Waals surface area contributed by atoms with Gasteiger partial charge in [-0.1, -0.05) is 74.4 Å². The standard InChI is InChI=1S/C32H35F3O/c1-3-4-5-6-22-9-14-25(15-10-22)27-18-19-28(32(35)31(27)34)26-16-11-23(12-17-26)7-8-24-13-20-30(36-2)29(33)21-24/h7-10,13-15,18-21,23,26H,3-6,11-12,16-17H2,1-2H3. The number of hydrogen-bond donors (Lipinski definition) is 0. The highest BCUT2D eigenvalue weighted by Crippen LogP contribution is 2.39. The van der Waals surface area contributed by atoms with Crippen LogP contribution < -0.4 is 4.74 Å². The molecule has 0 unspecified atom stereocenters. The lowest BCUT2D eigenvalue weighted by molar-refractivity contribution is 0.365. The first-order valence-corrected chi connectivity index (χ1v) is 13.1. The first kappa shape index (κ1) is 26.1. The van der Waals surface area contributed by atoms with Crippen LogP contribution in [0.25, 0.3) is 17.2 Å². The van der Waals surface area contributed by atoms with Crippen molar-refractivity contribution in [3.63, 3.8) is 0 Å². The van der Waals surface area contributed by atoms with Crippen LogP contribution in [-0.2, 0) is 6.42 Å². The molecule has 0 aliphatic heterocycles. The summed E-state index contributed by atoms with van der Waals surface area (Å²) < 4.78 is 49.1. The molecule has 1 aliphatic rings. The fourth-order valence-corrected chi connectivity index (χ4v) is 5.19. The molecule has 4 rings (SSSR count). The van der Waals surface area contributed by atoms with Gasteiger partial charge in [0.1, 0.15) is 0 Å². The molecule has 190 valence electrons. The fourth-order valence-electron chi connectivity index (χ4n) is 5.19. The molecule has 0 radical (unpaired) electrons. The van der Waals surface area contributed by atoms with Crippen LogP contribution >= 0.6 is 0 Å². The van der Waals surface area contributed by atoms with Crippen molar-refractivity contribution < 1.29 is 17.9 Å². The van der Waals surface area contributed by atoms with E-state index >= 15 is 8.78 Å². The zero-order chi connectivity index (χ0) is 25.5. The summed E-state index contributed by atoms with van der Waals surface area (Å²) in [6, 6.07) is 16.2. The molecular formula is C32H35F3O. The maximum absolute atomic E-state index is 15.1. The Balaban J connectivity index is 1.38. The van der Waals surface area contributed by atoms with Gasteiger partial charge in [-0.15, -0.1) is 0 Å². The highest BCUT2D eigenvalue weighted by Gasteiger charge is 2.25. The van der Waals surface area contributed by atoms with Gasteiger partial charge in [-0.2, -0.15) is 0 Å². The van der Waals surface area contributed by atoms with E-state index in [0.29, 0.717) is 22.6 Å². The van der Waals surface area contributed by atoms with Gasteiger partial charge in [0.05, 0.1) is 7.11 Å². The number of benzene rings is 3. The number of hydrogen-bond acceptors (Lipinski definition) is 1. The molecule has 0 amide bonds. The summed E-state index contributed by atoms with van der Waals surface area (Å²) in [6.07, 6.45) is 11.9.